The van der Waals surface area contributed by atoms with Gasteiger partial charge in [0.05, 0.1) is 6.20 Å². The van der Waals surface area contributed by atoms with Gasteiger partial charge < -0.3 is 5.32 Å². The predicted octanol–water partition coefficient (Wildman–Crippen LogP) is -1.67. The SMILES string of the molecule is Cc1c(CNC(=O)C(=O)NN)cnn1C. The molecule has 0 atom stereocenters. The van der Waals surface area contributed by atoms with Gasteiger partial charge in [0, 0.05) is 24.8 Å². The molecule has 82 valence electrons. The van der Waals surface area contributed by atoms with Crippen LogP contribution in [0, 0.1) is 6.92 Å². The van der Waals surface area contributed by atoms with E-state index in [-0.39, 0.29) is 6.54 Å². The molecule has 4 N–H and O–H groups in total. The molecule has 0 spiro atoms. The minimum Gasteiger partial charge on any atom is -0.344 e. The van der Waals surface area contributed by atoms with E-state index in [0.717, 1.165) is 11.3 Å². The Labute approximate surface area is 86.6 Å². The van der Waals surface area contributed by atoms with Crippen LogP contribution in [0.3, 0.4) is 0 Å². The lowest BCUT2D eigenvalue weighted by Gasteiger charge is -2.03. The fraction of sp³-hybridized carbons (Fsp3) is 0.375. The zero-order chi connectivity index (χ0) is 11.4. The molecule has 1 heterocycles. The molecule has 0 aliphatic carbocycles. The zero-order valence-corrected chi connectivity index (χ0v) is 8.57. The summed E-state index contributed by atoms with van der Waals surface area (Å²) in [5.74, 6) is 3.17. The van der Waals surface area contributed by atoms with Crippen LogP contribution in [0.5, 0.6) is 0 Å². The van der Waals surface area contributed by atoms with Crippen LogP contribution in [0.2, 0.25) is 0 Å². The van der Waals surface area contributed by atoms with Crippen molar-refractivity contribution in [3.63, 3.8) is 0 Å². The molecule has 0 fully saturated rings. The number of hydrazine groups is 1. The maximum atomic E-state index is 11.0. The molecule has 7 nitrogen and oxygen atoms in total. The van der Waals surface area contributed by atoms with Crippen LogP contribution in [-0.4, -0.2) is 21.6 Å². The summed E-state index contributed by atoms with van der Waals surface area (Å²) in [4.78, 5) is 21.8. The van der Waals surface area contributed by atoms with Crippen molar-refractivity contribution in [3.05, 3.63) is 17.5 Å². The van der Waals surface area contributed by atoms with E-state index in [1.165, 1.54) is 0 Å². The van der Waals surface area contributed by atoms with E-state index in [2.05, 4.69) is 10.4 Å². The second kappa shape index (κ2) is 4.56. The van der Waals surface area contributed by atoms with Crippen molar-refractivity contribution in [2.24, 2.45) is 12.9 Å². The first-order chi connectivity index (χ1) is 7.06. The highest BCUT2D eigenvalue weighted by atomic mass is 16.2. The largest absolute Gasteiger partial charge is 0.344 e. The third-order valence-corrected chi connectivity index (χ3v) is 2.11. The molecule has 0 unspecified atom stereocenters. The predicted molar refractivity (Wildman–Crippen MR) is 52.1 cm³/mol. The minimum absolute atomic E-state index is 0.256. The van der Waals surface area contributed by atoms with Gasteiger partial charge in [-0.1, -0.05) is 0 Å². The summed E-state index contributed by atoms with van der Waals surface area (Å²) in [6, 6.07) is 0. The van der Waals surface area contributed by atoms with Gasteiger partial charge in [-0.15, -0.1) is 0 Å². The van der Waals surface area contributed by atoms with Gasteiger partial charge in [-0.05, 0) is 6.92 Å². The zero-order valence-electron chi connectivity index (χ0n) is 8.57. The van der Waals surface area contributed by atoms with E-state index >= 15 is 0 Å². The van der Waals surface area contributed by atoms with Crippen molar-refractivity contribution in [1.82, 2.24) is 20.5 Å². The molecule has 0 radical (unpaired) electrons. The summed E-state index contributed by atoms with van der Waals surface area (Å²) in [6.07, 6.45) is 1.63. The Morgan fingerprint density at radius 3 is 2.67 bits per heavy atom. The van der Waals surface area contributed by atoms with Crippen LogP contribution in [0.4, 0.5) is 0 Å². The van der Waals surface area contributed by atoms with Crippen LogP contribution in [0.25, 0.3) is 0 Å². The number of hydrogen-bond donors (Lipinski definition) is 3. The summed E-state index contributed by atoms with van der Waals surface area (Å²) in [6.45, 7) is 2.13. The molecule has 0 saturated heterocycles. The van der Waals surface area contributed by atoms with Gasteiger partial charge in [0.1, 0.15) is 0 Å². The summed E-state index contributed by atoms with van der Waals surface area (Å²) in [5.41, 5.74) is 3.54. The lowest BCUT2D eigenvalue weighted by atomic mass is 10.2. The first-order valence-corrected chi connectivity index (χ1v) is 4.32. The van der Waals surface area contributed by atoms with Crippen molar-refractivity contribution < 1.29 is 9.59 Å². The second-order valence-electron chi connectivity index (χ2n) is 3.03. The normalized spacial score (nSPS) is 9.80. The van der Waals surface area contributed by atoms with Crippen LogP contribution in [-0.2, 0) is 23.2 Å². The highest BCUT2D eigenvalue weighted by Gasteiger charge is 2.12. The smallest absolute Gasteiger partial charge is 0.323 e. The van der Waals surface area contributed by atoms with Gasteiger partial charge in [-0.25, -0.2) is 5.84 Å². The van der Waals surface area contributed by atoms with Gasteiger partial charge in [-0.3, -0.25) is 19.7 Å². The number of nitrogens with zero attached hydrogens (tertiary/aromatic N) is 2. The Balaban J connectivity index is 2.54. The Kier molecular flexibility index (Phi) is 3.40. The molecule has 1 aromatic rings. The molecular formula is C8H13N5O2. The standard InChI is InChI=1S/C8H13N5O2/c1-5-6(4-11-13(5)2)3-10-7(14)8(15)12-9/h4H,3,9H2,1-2H3,(H,10,14)(H,12,15). The first kappa shape index (κ1) is 11.2. The maximum Gasteiger partial charge on any atom is 0.323 e. The Bertz CT molecular complexity index is 384. The van der Waals surface area contributed by atoms with Crippen LogP contribution in [0.15, 0.2) is 6.20 Å². The third kappa shape index (κ3) is 2.53. The van der Waals surface area contributed by atoms with Crippen molar-refractivity contribution in [1.29, 1.82) is 0 Å². The minimum atomic E-state index is -0.864. The molecule has 0 saturated carbocycles. The molecule has 1 rings (SSSR count). The average molecular weight is 211 g/mol. The Morgan fingerprint density at radius 1 is 1.53 bits per heavy atom. The molecule has 1 aromatic heterocycles. The number of rotatable bonds is 2. The molecular weight excluding hydrogens is 198 g/mol. The summed E-state index contributed by atoms with van der Waals surface area (Å²) in [5, 5.41) is 6.42. The fourth-order valence-corrected chi connectivity index (χ4v) is 1.04. The number of carbonyl (C=O) groups excluding carboxylic acids is 2. The number of hydrogen-bond acceptors (Lipinski definition) is 4. The van der Waals surface area contributed by atoms with E-state index in [9.17, 15) is 9.59 Å². The molecule has 0 aliphatic heterocycles. The number of aryl methyl sites for hydroxylation is 1. The first-order valence-electron chi connectivity index (χ1n) is 4.32. The van der Waals surface area contributed by atoms with Gasteiger partial charge in [0.2, 0.25) is 0 Å². The number of carbonyl (C=O) groups is 2. The summed E-state index contributed by atoms with van der Waals surface area (Å²) >= 11 is 0. The van der Waals surface area contributed by atoms with Crippen LogP contribution in [0.1, 0.15) is 11.3 Å². The number of amides is 2. The van der Waals surface area contributed by atoms with Gasteiger partial charge in [0.25, 0.3) is 0 Å². The molecule has 2 amide bonds. The van der Waals surface area contributed by atoms with Crippen molar-refractivity contribution in [2.45, 2.75) is 13.5 Å². The number of nitrogens with one attached hydrogen (secondary N) is 2. The van der Waals surface area contributed by atoms with E-state index < -0.39 is 11.8 Å². The quantitative estimate of drug-likeness (QED) is 0.236. The number of nitrogens with two attached hydrogens (primary N) is 1. The highest BCUT2D eigenvalue weighted by molar-refractivity contribution is 6.34. The van der Waals surface area contributed by atoms with Gasteiger partial charge in [-0.2, -0.15) is 5.10 Å². The molecule has 0 bridgehead atoms. The monoisotopic (exact) mass is 211 g/mol. The van der Waals surface area contributed by atoms with Crippen molar-refractivity contribution >= 4 is 11.8 Å². The number of aromatic nitrogens is 2. The topological polar surface area (TPSA) is 102 Å². The van der Waals surface area contributed by atoms with Gasteiger partial charge in [0.15, 0.2) is 0 Å². The fourth-order valence-electron chi connectivity index (χ4n) is 1.04. The molecule has 15 heavy (non-hydrogen) atoms. The lowest BCUT2D eigenvalue weighted by Crippen LogP contribution is -2.42. The van der Waals surface area contributed by atoms with Crippen LogP contribution >= 0.6 is 0 Å². The summed E-state index contributed by atoms with van der Waals surface area (Å²) in [7, 11) is 1.80. The van der Waals surface area contributed by atoms with E-state index in [4.69, 9.17) is 5.84 Å². The molecule has 0 aromatic carbocycles. The molecule has 0 aliphatic rings. The van der Waals surface area contributed by atoms with E-state index in [0.29, 0.717) is 0 Å². The van der Waals surface area contributed by atoms with E-state index in [1.807, 2.05) is 6.92 Å². The lowest BCUT2D eigenvalue weighted by molar-refractivity contribution is -0.139. The maximum absolute atomic E-state index is 11.0. The second-order valence-corrected chi connectivity index (χ2v) is 3.03. The molecule has 7 heteroatoms. The highest BCUT2D eigenvalue weighted by Crippen LogP contribution is 2.04. The average Bonchev–Trinajstić information content (AvgIpc) is 2.55. The summed E-state index contributed by atoms with van der Waals surface area (Å²) < 4.78 is 1.69. The van der Waals surface area contributed by atoms with Crippen molar-refractivity contribution in [3.8, 4) is 0 Å². The van der Waals surface area contributed by atoms with Gasteiger partial charge >= 0.3 is 11.8 Å². The van der Waals surface area contributed by atoms with Crippen LogP contribution < -0.4 is 16.6 Å². The Morgan fingerprint density at radius 2 is 2.20 bits per heavy atom. The third-order valence-electron chi connectivity index (χ3n) is 2.11. The van der Waals surface area contributed by atoms with Crippen molar-refractivity contribution in [2.75, 3.05) is 0 Å². The Hall–Kier alpha value is -1.89. The van der Waals surface area contributed by atoms with E-state index in [1.54, 1.807) is 23.4 Å².